The number of pyridine rings is 1. The molecule has 0 bridgehead atoms. The van der Waals surface area contributed by atoms with E-state index in [9.17, 15) is 0 Å². The zero-order chi connectivity index (χ0) is 6.69. The third kappa shape index (κ3) is 1.45. The lowest BCUT2D eigenvalue weighted by Gasteiger charge is -1.97. The fraction of sp³-hybridized carbons (Fsp3) is 0.167. The molecular formula is C6H9BN2. The van der Waals surface area contributed by atoms with E-state index in [1.54, 1.807) is 6.20 Å². The molecule has 1 aromatic heterocycles. The van der Waals surface area contributed by atoms with E-state index in [-0.39, 0.29) is 0 Å². The van der Waals surface area contributed by atoms with Crippen LogP contribution in [0.15, 0.2) is 18.3 Å². The molecule has 1 rings (SSSR count). The summed E-state index contributed by atoms with van der Waals surface area (Å²) in [5.41, 5.74) is 2.16. The Morgan fingerprint density at radius 1 is 1.67 bits per heavy atom. The molecule has 9 heavy (non-hydrogen) atoms. The van der Waals surface area contributed by atoms with Gasteiger partial charge in [-0.2, -0.15) is 0 Å². The molecule has 0 aliphatic heterocycles. The molecule has 0 amide bonds. The average Bonchev–Trinajstić information content (AvgIpc) is 1.88. The van der Waals surface area contributed by atoms with Crippen LogP contribution in [0.1, 0.15) is 5.69 Å². The van der Waals surface area contributed by atoms with E-state index in [2.05, 4.69) is 10.2 Å². The van der Waals surface area contributed by atoms with Gasteiger partial charge in [0.25, 0.3) is 0 Å². The molecule has 2 nitrogen and oxygen atoms in total. The second-order valence-corrected chi connectivity index (χ2v) is 1.94. The summed E-state index contributed by atoms with van der Waals surface area (Å²) in [7, 11) is 1.90. The zero-order valence-electron chi connectivity index (χ0n) is 5.68. The molecule has 0 unspecified atom stereocenters. The van der Waals surface area contributed by atoms with E-state index < -0.39 is 0 Å². The van der Waals surface area contributed by atoms with Crippen molar-refractivity contribution in [1.82, 2.24) is 4.98 Å². The molecule has 1 aromatic rings. The van der Waals surface area contributed by atoms with Crippen molar-refractivity contribution in [2.45, 2.75) is 6.92 Å². The number of aryl methyl sites for hydroxylation is 1. The van der Waals surface area contributed by atoms with Gasteiger partial charge in [-0.05, 0) is 19.1 Å². The second kappa shape index (κ2) is 2.53. The average molecular weight is 120 g/mol. The van der Waals surface area contributed by atoms with E-state index in [4.69, 9.17) is 0 Å². The summed E-state index contributed by atoms with van der Waals surface area (Å²) in [5, 5.41) is 3.03. The maximum atomic E-state index is 4.05. The quantitative estimate of drug-likeness (QED) is 0.541. The topological polar surface area (TPSA) is 24.9 Å². The molecule has 3 heteroatoms. The maximum absolute atomic E-state index is 4.05. The molecule has 1 N–H and O–H groups in total. The van der Waals surface area contributed by atoms with Gasteiger partial charge in [0.05, 0.1) is 0 Å². The Morgan fingerprint density at radius 3 is 2.89 bits per heavy atom. The van der Waals surface area contributed by atoms with Crippen LogP contribution in [-0.2, 0) is 0 Å². The van der Waals surface area contributed by atoms with Crippen molar-refractivity contribution in [3.8, 4) is 0 Å². The van der Waals surface area contributed by atoms with Crippen LogP contribution in [0.4, 0.5) is 5.69 Å². The third-order valence-electron chi connectivity index (χ3n) is 1.19. The van der Waals surface area contributed by atoms with Crippen molar-refractivity contribution in [3.05, 3.63) is 24.0 Å². The second-order valence-electron chi connectivity index (χ2n) is 1.94. The first-order valence-electron chi connectivity index (χ1n) is 2.93. The highest BCUT2D eigenvalue weighted by atomic mass is 14.8. The fourth-order valence-electron chi connectivity index (χ4n) is 0.701. The van der Waals surface area contributed by atoms with Gasteiger partial charge in [0, 0.05) is 17.6 Å². The fourth-order valence-corrected chi connectivity index (χ4v) is 0.701. The van der Waals surface area contributed by atoms with Crippen LogP contribution in [0.3, 0.4) is 0 Å². The highest BCUT2D eigenvalue weighted by Crippen LogP contribution is 2.03. The number of nitrogens with one attached hydrogen (secondary N) is 1. The standard InChI is InChI=1S/C6H9BN2/c1-5-4-6(9-7)2-3-8-5/h2-4H,7H2,1H3,(H,8,9). The Labute approximate surface area is 55.7 Å². The Morgan fingerprint density at radius 2 is 2.44 bits per heavy atom. The molecule has 0 aliphatic carbocycles. The predicted molar refractivity (Wildman–Crippen MR) is 41.1 cm³/mol. The first-order chi connectivity index (χ1) is 4.33. The predicted octanol–water partition coefficient (Wildman–Crippen LogP) is 0.350. The van der Waals surface area contributed by atoms with Gasteiger partial charge in [-0.25, -0.2) is 0 Å². The highest BCUT2D eigenvalue weighted by molar-refractivity contribution is 6.15. The van der Waals surface area contributed by atoms with Gasteiger partial charge in [0.1, 0.15) is 0 Å². The lowest BCUT2D eigenvalue weighted by molar-refractivity contribution is 1.20. The number of hydrogen-bond acceptors (Lipinski definition) is 2. The zero-order valence-corrected chi connectivity index (χ0v) is 5.68. The monoisotopic (exact) mass is 120 g/mol. The summed E-state index contributed by atoms with van der Waals surface area (Å²) in [4.78, 5) is 4.05. The Balaban J connectivity index is 2.94. The van der Waals surface area contributed by atoms with Crippen LogP contribution in [0.2, 0.25) is 0 Å². The molecule has 0 saturated carbocycles. The number of aromatic nitrogens is 1. The Kier molecular flexibility index (Phi) is 1.73. The summed E-state index contributed by atoms with van der Waals surface area (Å²) >= 11 is 0. The van der Waals surface area contributed by atoms with Gasteiger partial charge in [-0.1, -0.05) is 0 Å². The van der Waals surface area contributed by atoms with Gasteiger partial charge in [-0.3, -0.25) is 4.98 Å². The first-order valence-corrected chi connectivity index (χ1v) is 2.93. The molecule has 0 aliphatic rings. The lowest BCUT2D eigenvalue weighted by Crippen LogP contribution is -1.90. The van der Waals surface area contributed by atoms with E-state index in [1.807, 2.05) is 27.0 Å². The maximum Gasteiger partial charge on any atom is 0.213 e. The summed E-state index contributed by atoms with van der Waals surface area (Å²) in [6.07, 6.45) is 1.79. The van der Waals surface area contributed by atoms with Gasteiger partial charge in [-0.15, -0.1) is 0 Å². The van der Waals surface area contributed by atoms with Crippen LogP contribution in [0, 0.1) is 6.92 Å². The number of nitrogens with zero attached hydrogens (tertiary/aromatic N) is 1. The van der Waals surface area contributed by atoms with E-state index in [0.29, 0.717) is 0 Å². The third-order valence-corrected chi connectivity index (χ3v) is 1.19. The van der Waals surface area contributed by atoms with Crippen molar-refractivity contribution in [3.63, 3.8) is 0 Å². The SMILES string of the molecule is BNc1ccnc(C)c1. The van der Waals surface area contributed by atoms with Crippen molar-refractivity contribution in [2.75, 3.05) is 5.23 Å². The summed E-state index contributed by atoms with van der Waals surface area (Å²) in [6.45, 7) is 1.97. The first kappa shape index (κ1) is 6.14. The molecule has 0 fully saturated rings. The molecule has 0 saturated heterocycles. The largest absolute Gasteiger partial charge is 0.434 e. The highest BCUT2D eigenvalue weighted by Gasteiger charge is 1.85. The summed E-state index contributed by atoms with van der Waals surface area (Å²) in [6, 6.07) is 3.94. The van der Waals surface area contributed by atoms with E-state index in [0.717, 1.165) is 11.4 Å². The minimum absolute atomic E-state index is 1.04. The molecule has 1 heterocycles. The molecule has 0 aromatic carbocycles. The van der Waals surface area contributed by atoms with E-state index in [1.165, 1.54) is 0 Å². The molecule has 0 spiro atoms. The normalized spacial score (nSPS) is 9.00. The van der Waals surface area contributed by atoms with Crippen LogP contribution >= 0.6 is 0 Å². The van der Waals surface area contributed by atoms with Crippen molar-refractivity contribution in [1.29, 1.82) is 0 Å². The number of rotatable bonds is 1. The van der Waals surface area contributed by atoms with Crippen molar-refractivity contribution >= 4 is 13.7 Å². The van der Waals surface area contributed by atoms with Crippen LogP contribution in [-0.4, -0.2) is 13.0 Å². The van der Waals surface area contributed by atoms with Crippen LogP contribution < -0.4 is 5.23 Å². The molecule has 46 valence electrons. The van der Waals surface area contributed by atoms with E-state index >= 15 is 0 Å². The Hall–Kier alpha value is -0.985. The van der Waals surface area contributed by atoms with Crippen LogP contribution in [0.5, 0.6) is 0 Å². The smallest absolute Gasteiger partial charge is 0.213 e. The molecular weight excluding hydrogens is 111 g/mol. The summed E-state index contributed by atoms with van der Waals surface area (Å²) in [5.74, 6) is 0. The van der Waals surface area contributed by atoms with Gasteiger partial charge in [0.15, 0.2) is 0 Å². The number of hydrogen-bond donors (Lipinski definition) is 1. The van der Waals surface area contributed by atoms with Crippen molar-refractivity contribution in [2.24, 2.45) is 0 Å². The van der Waals surface area contributed by atoms with Gasteiger partial charge >= 0.3 is 0 Å². The van der Waals surface area contributed by atoms with Gasteiger partial charge in [0.2, 0.25) is 7.98 Å². The van der Waals surface area contributed by atoms with Gasteiger partial charge < -0.3 is 5.23 Å². The molecule has 0 atom stereocenters. The lowest BCUT2D eigenvalue weighted by atomic mass is 10.3. The van der Waals surface area contributed by atoms with Crippen molar-refractivity contribution < 1.29 is 0 Å². The summed E-state index contributed by atoms with van der Waals surface area (Å²) < 4.78 is 0. The molecule has 0 radical (unpaired) electrons. The Bertz CT molecular complexity index is 200. The number of anilines is 1. The van der Waals surface area contributed by atoms with Crippen LogP contribution in [0.25, 0.3) is 0 Å². The minimum Gasteiger partial charge on any atom is -0.434 e. The minimum atomic E-state index is 1.04.